The smallest absolute Gasteiger partial charge is 0.0580 e. The third-order valence-corrected chi connectivity index (χ3v) is 8.93. The van der Waals surface area contributed by atoms with E-state index in [0.717, 1.165) is 19.3 Å². The van der Waals surface area contributed by atoms with Gasteiger partial charge in [0.05, 0.1) is 22.1 Å². The van der Waals surface area contributed by atoms with Crippen molar-refractivity contribution in [3.05, 3.63) is 120 Å². The molecule has 0 spiro atoms. The largest absolute Gasteiger partial charge is 0.309 e. The molecule has 0 aliphatic heterocycles. The highest BCUT2D eigenvalue weighted by atomic mass is 15.0. The zero-order valence-corrected chi connectivity index (χ0v) is 24.5. The van der Waals surface area contributed by atoms with E-state index in [0.29, 0.717) is 0 Å². The van der Waals surface area contributed by atoms with E-state index in [1.54, 1.807) is 0 Å². The Bertz CT molecular complexity index is 1990. The van der Waals surface area contributed by atoms with Crippen molar-refractivity contribution in [1.82, 2.24) is 9.13 Å². The van der Waals surface area contributed by atoms with Gasteiger partial charge in [-0.05, 0) is 84.8 Å². The molecule has 7 rings (SSSR count). The van der Waals surface area contributed by atoms with Crippen LogP contribution in [0, 0.1) is 0 Å². The van der Waals surface area contributed by atoms with Crippen LogP contribution < -0.4 is 0 Å². The van der Waals surface area contributed by atoms with Crippen molar-refractivity contribution >= 4 is 43.6 Å². The van der Waals surface area contributed by atoms with E-state index >= 15 is 0 Å². The van der Waals surface area contributed by atoms with Gasteiger partial charge in [0.1, 0.15) is 0 Å². The first kappa shape index (κ1) is 25.7. The summed E-state index contributed by atoms with van der Waals surface area (Å²) in [6.45, 7) is 6.75. The molecule has 41 heavy (non-hydrogen) atoms. The van der Waals surface area contributed by atoms with Gasteiger partial charge in [0, 0.05) is 32.9 Å². The number of nitrogens with zero attached hydrogens (tertiary/aromatic N) is 2. The summed E-state index contributed by atoms with van der Waals surface area (Å²) in [6, 6.07) is 38.8. The van der Waals surface area contributed by atoms with Crippen LogP contribution in [0.4, 0.5) is 0 Å². The number of para-hydroxylation sites is 2. The predicted molar refractivity (Wildman–Crippen MR) is 177 cm³/mol. The lowest BCUT2D eigenvalue weighted by atomic mass is 9.97. The second-order valence-corrected chi connectivity index (χ2v) is 11.3. The monoisotopic (exact) mass is 534 g/mol. The van der Waals surface area contributed by atoms with E-state index in [1.807, 2.05) is 0 Å². The SMILES string of the molecule is CCCCCc1c2c3ccccc3n(-c3ccc(CC)cc3)c2cc2c3ccccc3n(-c3ccc(CC)cc3)c12. The van der Waals surface area contributed by atoms with Gasteiger partial charge in [-0.15, -0.1) is 0 Å². The molecule has 2 nitrogen and oxygen atoms in total. The Morgan fingerprint density at radius 1 is 0.512 bits per heavy atom. The van der Waals surface area contributed by atoms with Crippen LogP contribution in [-0.4, -0.2) is 9.13 Å². The molecule has 0 amide bonds. The van der Waals surface area contributed by atoms with Crippen LogP contribution in [0.1, 0.15) is 56.7 Å². The van der Waals surface area contributed by atoms with Crippen LogP contribution >= 0.6 is 0 Å². The van der Waals surface area contributed by atoms with E-state index in [1.165, 1.54) is 90.9 Å². The summed E-state index contributed by atoms with van der Waals surface area (Å²) in [5, 5.41) is 5.40. The van der Waals surface area contributed by atoms with Gasteiger partial charge in [-0.2, -0.15) is 0 Å². The Kier molecular flexibility index (Phi) is 6.63. The summed E-state index contributed by atoms with van der Waals surface area (Å²) in [5.41, 5.74) is 11.9. The van der Waals surface area contributed by atoms with Crippen LogP contribution in [-0.2, 0) is 19.3 Å². The van der Waals surface area contributed by atoms with Gasteiger partial charge in [-0.25, -0.2) is 0 Å². The lowest BCUT2D eigenvalue weighted by Gasteiger charge is -2.14. The van der Waals surface area contributed by atoms with Crippen LogP contribution in [0.5, 0.6) is 0 Å². The third-order valence-electron chi connectivity index (χ3n) is 8.93. The minimum Gasteiger partial charge on any atom is -0.309 e. The molecule has 0 aliphatic carbocycles. The maximum Gasteiger partial charge on any atom is 0.0580 e. The number of fused-ring (bicyclic) bond motifs is 6. The zero-order chi connectivity index (χ0) is 27.9. The molecule has 7 aromatic rings. The Morgan fingerprint density at radius 3 is 1.68 bits per heavy atom. The molecule has 0 unspecified atom stereocenters. The van der Waals surface area contributed by atoms with E-state index in [-0.39, 0.29) is 0 Å². The van der Waals surface area contributed by atoms with Gasteiger partial charge in [0.2, 0.25) is 0 Å². The maximum atomic E-state index is 2.53. The minimum absolute atomic E-state index is 1.05. The van der Waals surface area contributed by atoms with Gasteiger partial charge in [0.25, 0.3) is 0 Å². The third kappa shape index (κ3) is 4.16. The van der Waals surface area contributed by atoms with E-state index in [4.69, 9.17) is 0 Å². The number of aromatic nitrogens is 2. The number of hydrogen-bond donors (Lipinski definition) is 0. The van der Waals surface area contributed by atoms with Crippen LogP contribution in [0.2, 0.25) is 0 Å². The highest BCUT2D eigenvalue weighted by Crippen LogP contribution is 2.43. The molecule has 0 saturated heterocycles. The number of unbranched alkanes of at least 4 members (excludes halogenated alkanes) is 2. The fraction of sp³-hybridized carbons (Fsp3) is 0.231. The average molecular weight is 535 g/mol. The lowest BCUT2D eigenvalue weighted by molar-refractivity contribution is 0.721. The molecule has 0 fully saturated rings. The number of hydrogen-bond acceptors (Lipinski definition) is 0. The molecular weight excluding hydrogens is 496 g/mol. The van der Waals surface area contributed by atoms with Crippen LogP contribution in [0.25, 0.3) is 55.0 Å². The maximum absolute atomic E-state index is 2.53. The van der Waals surface area contributed by atoms with Crippen molar-refractivity contribution in [1.29, 1.82) is 0 Å². The van der Waals surface area contributed by atoms with Gasteiger partial charge in [-0.3, -0.25) is 0 Å². The summed E-state index contributed by atoms with van der Waals surface area (Å²) in [4.78, 5) is 0. The molecule has 2 aromatic heterocycles. The first-order chi connectivity index (χ1) is 20.2. The van der Waals surface area contributed by atoms with Gasteiger partial charge in [-0.1, -0.05) is 94.3 Å². The molecule has 0 radical (unpaired) electrons. The number of benzene rings is 5. The molecule has 204 valence electrons. The Labute approximate surface area is 242 Å². The predicted octanol–water partition coefficient (Wildman–Crippen LogP) is 10.7. The molecule has 2 heterocycles. The standard InChI is InChI=1S/C39H38N2/c1-4-7-8-15-33-38-32-14-10-12-17-36(32)40(29-22-18-27(5-2)19-23-29)37(38)26-34-31-13-9-11-16-35(31)41(39(33)34)30-24-20-28(6-3)21-25-30/h9-14,16-26H,4-8,15H2,1-3H3. The van der Waals surface area contributed by atoms with E-state index in [2.05, 4.69) is 133 Å². The molecule has 0 N–H and O–H groups in total. The summed E-state index contributed by atoms with van der Waals surface area (Å²) in [6.07, 6.45) is 6.80. The van der Waals surface area contributed by atoms with E-state index < -0.39 is 0 Å². The lowest BCUT2D eigenvalue weighted by Crippen LogP contribution is -2.00. The van der Waals surface area contributed by atoms with E-state index in [9.17, 15) is 0 Å². The highest BCUT2D eigenvalue weighted by molar-refractivity contribution is 6.21. The summed E-state index contributed by atoms with van der Waals surface area (Å²) >= 11 is 0. The second kappa shape index (κ2) is 10.6. The average Bonchev–Trinajstić information content (AvgIpc) is 3.54. The zero-order valence-electron chi connectivity index (χ0n) is 24.5. The highest BCUT2D eigenvalue weighted by Gasteiger charge is 2.23. The second-order valence-electron chi connectivity index (χ2n) is 11.3. The van der Waals surface area contributed by atoms with Crippen molar-refractivity contribution in [2.24, 2.45) is 0 Å². The molecule has 5 aromatic carbocycles. The van der Waals surface area contributed by atoms with Crippen LogP contribution in [0.3, 0.4) is 0 Å². The molecule has 0 aliphatic rings. The minimum atomic E-state index is 1.05. The van der Waals surface area contributed by atoms with Gasteiger partial charge < -0.3 is 9.13 Å². The molecule has 0 atom stereocenters. The molecule has 2 heteroatoms. The van der Waals surface area contributed by atoms with Crippen molar-refractivity contribution in [2.75, 3.05) is 0 Å². The van der Waals surface area contributed by atoms with Crippen LogP contribution in [0.15, 0.2) is 103 Å². The summed E-state index contributed by atoms with van der Waals surface area (Å²) < 4.78 is 5.03. The van der Waals surface area contributed by atoms with Crippen molar-refractivity contribution in [2.45, 2.75) is 59.3 Å². The fourth-order valence-corrected chi connectivity index (χ4v) is 6.78. The molecule has 0 bridgehead atoms. The van der Waals surface area contributed by atoms with Crippen molar-refractivity contribution < 1.29 is 0 Å². The summed E-state index contributed by atoms with van der Waals surface area (Å²) in [7, 11) is 0. The molecule has 0 saturated carbocycles. The normalized spacial score (nSPS) is 11.9. The van der Waals surface area contributed by atoms with Crippen molar-refractivity contribution in [3.8, 4) is 11.4 Å². The first-order valence-electron chi connectivity index (χ1n) is 15.4. The Balaban J connectivity index is 1.65. The Hall–Kier alpha value is -4.30. The first-order valence-corrected chi connectivity index (χ1v) is 15.4. The fourth-order valence-electron chi connectivity index (χ4n) is 6.78. The topological polar surface area (TPSA) is 9.86 Å². The quantitative estimate of drug-likeness (QED) is 0.172. The van der Waals surface area contributed by atoms with Gasteiger partial charge >= 0.3 is 0 Å². The van der Waals surface area contributed by atoms with Gasteiger partial charge in [0.15, 0.2) is 0 Å². The molecular formula is C39H38N2. The number of aryl methyl sites for hydroxylation is 3. The summed E-state index contributed by atoms with van der Waals surface area (Å²) in [5.74, 6) is 0. The van der Waals surface area contributed by atoms with Crippen molar-refractivity contribution in [3.63, 3.8) is 0 Å². The number of rotatable bonds is 8. The Morgan fingerprint density at radius 2 is 1.07 bits per heavy atom.